The maximum atomic E-state index is 12.3. The molecule has 2 aliphatic rings. The molecule has 0 radical (unpaired) electrons. The molecular formula is C13H24N2O5S. The van der Waals surface area contributed by atoms with Crippen molar-refractivity contribution in [1.82, 2.24) is 9.03 Å². The van der Waals surface area contributed by atoms with Crippen LogP contribution >= 0.6 is 0 Å². The number of hydrogen-bond donors (Lipinski definition) is 2. The molecule has 0 aromatic rings. The summed E-state index contributed by atoms with van der Waals surface area (Å²) < 4.78 is 33.4. The third kappa shape index (κ3) is 4.38. The van der Waals surface area contributed by atoms with E-state index in [-0.39, 0.29) is 24.0 Å². The Bertz CT molecular complexity index is 451. The van der Waals surface area contributed by atoms with Gasteiger partial charge in [-0.15, -0.1) is 0 Å². The lowest BCUT2D eigenvalue weighted by Crippen LogP contribution is -2.49. The van der Waals surface area contributed by atoms with Crippen molar-refractivity contribution in [3.63, 3.8) is 0 Å². The summed E-state index contributed by atoms with van der Waals surface area (Å²) in [6, 6.07) is -0.100. The highest BCUT2D eigenvalue weighted by atomic mass is 32.2. The second kappa shape index (κ2) is 7.04. The third-order valence-corrected chi connectivity index (χ3v) is 6.02. The number of ether oxygens (including phenoxy) is 1. The second-order valence-electron chi connectivity index (χ2n) is 5.82. The predicted octanol–water partition coefficient (Wildman–Crippen LogP) is 0.00930. The number of aliphatic hydroxyl groups is 1. The number of nitrogens with zero attached hydrogens (tertiary/aromatic N) is 1. The molecule has 1 saturated heterocycles. The Hall–Kier alpha value is -0.700. The molecule has 0 unspecified atom stereocenters. The van der Waals surface area contributed by atoms with Gasteiger partial charge in [-0.25, -0.2) is 0 Å². The number of esters is 1. The summed E-state index contributed by atoms with van der Waals surface area (Å²) in [5.41, 5.74) is 0. The van der Waals surface area contributed by atoms with Crippen LogP contribution in [0.1, 0.15) is 38.5 Å². The summed E-state index contributed by atoms with van der Waals surface area (Å²) in [6.45, 7) is 0.675. The summed E-state index contributed by atoms with van der Waals surface area (Å²) in [7, 11) is -2.16. The van der Waals surface area contributed by atoms with Gasteiger partial charge in [0.25, 0.3) is 10.2 Å². The van der Waals surface area contributed by atoms with Crippen molar-refractivity contribution in [3.05, 3.63) is 0 Å². The lowest BCUT2D eigenvalue weighted by Gasteiger charge is -2.32. The smallest absolute Gasteiger partial charge is 0.308 e. The SMILES string of the molecule is COC(=O)C1CCN(S(=O)(=O)NC2CCC(O)CC2)CC1. The molecule has 0 amide bonds. The molecule has 122 valence electrons. The van der Waals surface area contributed by atoms with E-state index in [4.69, 9.17) is 4.74 Å². The van der Waals surface area contributed by atoms with E-state index in [2.05, 4.69) is 4.72 Å². The second-order valence-corrected chi connectivity index (χ2v) is 7.53. The lowest BCUT2D eigenvalue weighted by atomic mass is 9.94. The average molecular weight is 320 g/mol. The van der Waals surface area contributed by atoms with E-state index in [1.807, 2.05) is 0 Å². The molecule has 0 aromatic carbocycles. The Kier molecular flexibility index (Phi) is 5.59. The van der Waals surface area contributed by atoms with Crippen LogP contribution in [0, 0.1) is 5.92 Å². The first-order chi connectivity index (χ1) is 9.92. The van der Waals surface area contributed by atoms with Gasteiger partial charge in [0.2, 0.25) is 0 Å². The molecule has 0 spiro atoms. The molecule has 1 aliphatic carbocycles. The van der Waals surface area contributed by atoms with Crippen LogP contribution in [0.25, 0.3) is 0 Å². The largest absolute Gasteiger partial charge is 0.469 e. The molecule has 2 fully saturated rings. The van der Waals surface area contributed by atoms with E-state index < -0.39 is 10.2 Å². The first-order valence-corrected chi connectivity index (χ1v) is 8.89. The van der Waals surface area contributed by atoms with E-state index >= 15 is 0 Å². The molecule has 7 nitrogen and oxygen atoms in total. The number of methoxy groups -OCH3 is 1. The molecule has 1 heterocycles. The van der Waals surface area contributed by atoms with Gasteiger partial charge in [0.15, 0.2) is 0 Å². The maximum Gasteiger partial charge on any atom is 0.308 e. The minimum Gasteiger partial charge on any atom is -0.469 e. The summed E-state index contributed by atoms with van der Waals surface area (Å²) in [5.74, 6) is -0.465. The van der Waals surface area contributed by atoms with Crippen LogP contribution in [-0.4, -0.2) is 56.1 Å². The Balaban J connectivity index is 1.85. The molecule has 0 bridgehead atoms. The van der Waals surface area contributed by atoms with Gasteiger partial charge in [0.1, 0.15) is 0 Å². The minimum atomic E-state index is -3.51. The van der Waals surface area contributed by atoms with Gasteiger partial charge < -0.3 is 9.84 Å². The Morgan fingerprint density at radius 1 is 1.14 bits per heavy atom. The molecule has 21 heavy (non-hydrogen) atoms. The Morgan fingerprint density at radius 3 is 2.24 bits per heavy atom. The Morgan fingerprint density at radius 2 is 1.71 bits per heavy atom. The van der Waals surface area contributed by atoms with Gasteiger partial charge in [-0.05, 0) is 38.5 Å². The van der Waals surface area contributed by atoms with Crippen molar-refractivity contribution < 1.29 is 23.1 Å². The van der Waals surface area contributed by atoms with Gasteiger partial charge in [-0.1, -0.05) is 0 Å². The molecule has 0 aromatic heterocycles. The van der Waals surface area contributed by atoms with Gasteiger partial charge in [-0.3, -0.25) is 4.79 Å². The molecule has 8 heteroatoms. The summed E-state index contributed by atoms with van der Waals surface area (Å²) in [6.07, 6.45) is 3.29. The van der Waals surface area contributed by atoms with Crippen LogP contribution in [-0.2, 0) is 19.7 Å². The normalized spacial score (nSPS) is 29.2. The highest BCUT2D eigenvalue weighted by Crippen LogP contribution is 2.23. The quantitative estimate of drug-likeness (QED) is 0.711. The number of piperidine rings is 1. The number of hydrogen-bond acceptors (Lipinski definition) is 5. The van der Waals surface area contributed by atoms with E-state index in [1.54, 1.807) is 0 Å². The van der Waals surface area contributed by atoms with Crippen molar-refractivity contribution in [2.24, 2.45) is 5.92 Å². The first kappa shape index (κ1) is 16.7. The van der Waals surface area contributed by atoms with Crippen LogP contribution in [0.2, 0.25) is 0 Å². The van der Waals surface area contributed by atoms with Crippen LogP contribution in [0.3, 0.4) is 0 Å². The fourth-order valence-corrected chi connectivity index (χ4v) is 4.47. The first-order valence-electron chi connectivity index (χ1n) is 7.45. The maximum absolute atomic E-state index is 12.3. The zero-order chi connectivity index (χ0) is 15.5. The number of aliphatic hydroxyl groups excluding tert-OH is 1. The number of rotatable bonds is 4. The van der Waals surface area contributed by atoms with Crippen molar-refractivity contribution in [3.8, 4) is 0 Å². The monoisotopic (exact) mass is 320 g/mol. The van der Waals surface area contributed by atoms with Crippen LogP contribution < -0.4 is 4.72 Å². The molecule has 2 rings (SSSR count). The van der Waals surface area contributed by atoms with E-state index in [1.165, 1.54) is 11.4 Å². The van der Waals surface area contributed by atoms with Crippen molar-refractivity contribution in [2.45, 2.75) is 50.7 Å². The molecule has 1 saturated carbocycles. The van der Waals surface area contributed by atoms with E-state index in [0.29, 0.717) is 51.6 Å². The van der Waals surface area contributed by atoms with Gasteiger partial charge >= 0.3 is 5.97 Å². The topological polar surface area (TPSA) is 95.9 Å². The fourth-order valence-electron chi connectivity index (χ4n) is 2.98. The van der Waals surface area contributed by atoms with Crippen LogP contribution in [0.15, 0.2) is 0 Å². The zero-order valence-corrected chi connectivity index (χ0v) is 13.1. The highest BCUT2D eigenvalue weighted by molar-refractivity contribution is 7.87. The lowest BCUT2D eigenvalue weighted by molar-refractivity contribution is -0.146. The standard InChI is InChI=1S/C13H24N2O5S/c1-20-13(17)10-6-8-15(9-7-10)21(18,19)14-11-2-4-12(16)5-3-11/h10-12,14,16H,2-9H2,1H3. The summed E-state index contributed by atoms with van der Waals surface area (Å²) in [5, 5.41) is 9.45. The van der Waals surface area contributed by atoms with Gasteiger partial charge in [0, 0.05) is 19.1 Å². The zero-order valence-electron chi connectivity index (χ0n) is 12.3. The van der Waals surface area contributed by atoms with Crippen molar-refractivity contribution in [2.75, 3.05) is 20.2 Å². The summed E-state index contributed by atoms with van der Waals surface area (Å²) in [4.78, 5) is 11.4. The molecule has 2 N–H and O–H groups in total. The third-order valence-electron chi connectivity index (χ3n) is 4.34. The highest BCUT2D eigenvalue weighted by Gasteiger charge is 2.33. The number of carbonyl (C=O) groups is 1. The van der Waals surface area contributed by atoms with Crippen molar-refractivity contribution >= 4 is 16.2 Å². The number of nitrogens with one attached hydrogen (secondary N) is 1. The Labute approximate surface area is 125 Å². The fraction of sp³-hybridized carbons (Fsp3) is 0.923. The molecule has 0 atom stereocenters. The molecular weight excluding hydrogens is 296 g/mol. The minimum absolute atomic E-state index is 0.100. The van der Waals surface area contributed by atoms with E-state index in [9.17, 15) is 18.3 Å². The van der Waals surface area contributed by atoms with Crippen molar-refractivity contribution in [1.29, 1.82) is 0 Å². The van der Waals surface area contributed by atoms with Crippen LogP contribution in [0.5, 0.6) is 0 Å². The van der Waals surface area contributed by atoms with Crippen LogP contribution in [0.4, 0.5) is 0 Å². The molecule has 1 aliphatic heterocycles. The predicted molar refractivity (Wildman–Crippen MR) is 76.6 cm³/mol. The summed E-state index contributed by atoms with van der Waals surface area (Å²) >= 11 is 0. The van der Waals surface area contributed by atoms with E-state index in [0.717, 1.165) is 0 Å². The number of carbonyl (C=O) groups excluding carboxylic acids is 1. The van der Waals surface area contributed by atoms with Gasteiger partial charge in [-0.2, -0.15) is 17.4 Å². The average Bonchev–Trinajstić information content (AvgIpc) is 2.49. The van der Waals surface area contributed by atoms with Gasteiger partial charge in [0.05, 0.1) is 19.1 Å².